The van der Waals surface area contributed by atoms with Crippen LogP contribution in [-0.4, -0.2) is 21.3 Å². The van der Waals surface area contributed by atoms with Crippen LogP contribution in [0.1, 0.15) is 24.7 Å². The third kappa shape index (κ3) is 2.64. The predicted octanol–water partition coefficient (Wildman–Crippen LogP) is 2.71. The van der Waals surface area contributed by atoms with Crippen molar-refractivity contribution in [2.75, 3.05) is 11.9 Å². The second-order valence-electron chi connectivity index (χ2n) is 4.16. The van der Waals surface area contributed by atoms with E-state index in [0.717, 1.165) is 35.9 Å². The number of anilines is 1. The van der Waals surface area contributed by atoms with Crippen LogP contribution in [-0.2, 0) is 0 Å². The van der Waals surface area contributed by atoms with E-state index in [1.165, 1.54) is 0 Å². The third-order valence-corrected chi connectivity index (χ3v) is 2.55. The van der Waals surface area contributed by atoms with Gasteiger partial charge in [-0.2, -0.15) is 5.10 Å². The average Bonchev–Trinajstić information content (AvgIpc) is 2.66. The molecule has 0 aliphatic carbocycles. The van der Waals surface area contributed by atoms with Crippen LogP contribution in [0.15, 0.2) is 24.4 Å². The number of pyridine rings is 1. The van der Waals surface area contributed by atoms with E-state index in [4.69, 9.17) is 0 Å². The zero-order valence-electron chi connectivity index (χ0n) is 10.6. The van der Waals surface area contributed by atoms with Crippen molar-refractivity contribution in [1.29, 1.82) is 0 Å². The SMILES string of the molecule is CCCNc1cc(-n2nc(C)cc2C)ccn1. The largest absolute Gasteiger partial charge is 0.370 e. The monoisotopic (exact) mass is 230 g/mol. The van der Waals surface area contributed by atoms with Crippen LogP contribution >= 0.6 is 0 Å². The third-order valence-electron chi connectivity index (χ3n) is 2.55. The minimum absolute atomic E-state index is 0.900. The molecule has 1 N–H and O–H groups in total. The summed E-state index contributed by atoms with van der Waals surface area (Å²) in [5, 5.41) is 7.74. The van der Waals surface area contributed by atoms with Crippen molar-refractivity contribution in [2.24, 2.45) is 0 Å². The van der Waals surface area contributed by atoms with Crippen LogP contribution in [0.4, 0.5) is 5.82 Å². The minimum atomic E-state index is 0.900. The second kappa shape index (κ2) is 4.99. The van der Waals surface area contributed by atoms with Crippen LogP contribution in [0, 0.1) is 13.8 Å². The topological polar surface area (TPSA) is 42.7 Å². The fourth-order valence-electron chi connectivity index (χ4n) is 1.79. The molecule has 0 fully saturated rings. The van der Waals surface area contributed by atoms with Gasteiger partial charge in [0.1, 0.15) is 5.82 Å². The summed E-state index contributed by atoms with van der Waals surface area (Å²) in [6, 6.07) is 6.06. The Morgan fingerprint density at radius 2 is 2.12 bits per heavy atom. The zero-order chi connectivity index (χ0) is 12.3. The van der Waals surface area contributed by atoms with Gasteiger partial charge < -0.3 is 5.32 Å². The van der Waals surface area contributed by atoms with Gasteiger partial charge >= 0.3 is 0 Å². The van der Waals surface area contributed by atoms with Gasteiger partial charge in [0.2, 0.25) is 0 Å². The van der Waals surface area contributed by atoms with Crippen LogP contribution in [0.25, 0.3) is 5.69 Å². The van der Waals surface area contributed by atoms with Crippen molar-refractivity contribution in [3.05, 3.63) is 35.8 Å². The van der Waals surface area contributed by atoms with Crippen LogP contribution in [0.3, 0.4) is 0 Å². The van der Waals surface area contributed by atoms with Gasteiger partial charge in [-0.15, -0.1) is 0 Å². The first-order valence-corrected chi connectivity index (χ1v) is 5.94. The van der Waals surface area contributed by atoms with Crippen molar-refractivity contribution in [3.63, 3.8) is 0 Å². The molecule has 0 aliphatic rings. The molecule has 2 heterocycles. The number of nitrogens with zero attached hydrogens (tertiary/aromatic N) is 3. The Labute approximate surface area is 102 Å². The van der Waals surface area contributed by atoms with Gasteiger partial charge in [-0.25, -0.2) is 9.67 Å². The van der Waals surface area contributed by atoms with Crippen LogP contribution < -0.4 is 5.32 Å². The number of aromatic nitrogens is 3. The number of nitrogens with one attached hydrogen (secondary N) is 1. The van der Waals surface area contributed by atoms with E-state index in [2.05, 4.69) is 35.3 Å². The Bertz CT molecular complexity index is 502. The Morgan fingerprint density at radius 3 is 2.76 bits per heavy atom. The highest BCUT2D eigenvalue weighted by molar-refractivity contribution is 5.45. The van der Waals surface area contributed by atoms with Gasteiger partial charge in [0.15, 0.2) is 0 Å². The molecule has 0 bridgehead atoms. The lowest BCUT2D eigenvalue weighted by Crippen LogP contribution is -2.04. The van der Waals surface area contributed by atoms with Gasteiger partial charge in [0, 0.05) is 24.5 Å². The Morgan fingerprint density at radius 1 is 1.29 bits per heavy atom. The first-order chi connectivity index (χ1) is 8.20. The number of hydrogen-bond acceptors (Lipinski definition) is 3. The van der Waals surface area contributed by atoms with Gasteiger partial charge in [-0.3, -0.25) is 0 Å². The van der Waals surface area contributed by atoms with E-state index in [9.17, 15) is 0 Å². The summed E-state index contributed by atoms with van der Waals surface area (Å²) in [5.74, 6) is 0.900. The van der Waals surface area contributed by atoms with E-state index in [1.807, 2.05) is 29.9 Å². The van der Waals surface area contributed by atoms with Gasteiger partial charge in [-0.05, 0) is 32.4 Å². The van der Waals surface area contributed by atoms with Gasteiger partial charge in [0.25, 0.3) is 0 Å². The smallest absolute Gasteiger partial charge is 0.128 e. The predicted molar refractivity (Wildman–Crippen MR) is 69.6 cm³/mol. The molecular formula is C13H18N4. The molecule has 0 spiro atoms. The van der Waals surface area contributed by atoms with Gasteiger partial charge in [-0.1, -0.05) is 6.92 Å². The molecule has 17 heavy (non-hydrogen) atoms. The van der Waals surface area contributed by atoms with Crippen molar-refractivity contribution in [2.45, 2.75) is 27.2 Å². The lowest BCUT2D eigenvalue weighted by Gasteiger charge is -2.07. The second-order valence-corrected chi connectivity index (χ2v) is 4.16. The van der Waals surface area contributed by atoms with Crippen LogP contribution in [0.5, 0.6) is 0 Å². The molecule has 4 heteroatoms. The van der Waals surface area contributed by atoms with E-state index < -0.39 is 0 Å². The molecule has 0 aliphatic heterocycles. The maximum atomic E-state index is 4.46. The van der Waals surface area contributed by atoms with E-state index >= 15 is 0 Å². The number of aryl methyl sites for hydroxylation is 2. The molecule has 0 unspecified atom stereocenters. The van der Waals surface area contributed by atoms with Crippen molar-refractivity contribution in [1.82, 2.24) is 14.8 Å². The normalized spacial score (nSPS) is 10.5. The Hall–Kier alpha value is -1.84. The van der Waals surface area contributed by atoms with Crippen molar-refractivity contribution in [3.8, 4) is 5.69 Å². The average molecular weight is 230 g/mol. The summed E-state index contributed by atoms with van der Waals surface area (Å²) in [7, 11) is 0. The molecule has 4 nitrogen and oxygen atoms in total. The molecule has 2 rings (SSSR count). The number of hydrogen-bond donors (Lipinski definition) is 1. The van der Waals surface area contributed by atoms with E-state index in [0.29, 0.717) is 0 Å². The van der Waals surface area contributed by atoms with Crippen LogP contribution in [0.2, 0.25) is 0 Å². The molecule has 2 aromatic heterocycles. The lowest BCUT2D eigenvalue weighted by atomic mass is 10.3. The summed E-state index contributed by atoms with van der Waals surface area (Å²) in [6.07, 6.45) is 2.90. The van der Waals surface area contributed by atoms with Crippen molar-refractivity contribution >= 4 is 5.82 Å². The molecule has 0 saturated heterocycles. The summed E-state index contributed by atoms with van der Waals surface area (Å²) in [5.41, 5.74) is 3.21. The Kier molecular flexibility index (Phi) is 3.42. The molecule has 0 aromatic carbocycles. The number of rotatable bonds is 4. The van der Waals surface area contributed by atoms with Crippen molar-refractivity contribution < 1.29 is 0 Å². The van der Waals surface area contributed by atoms with Gasteiger partial charge in [0.05, 0.1) is 11.4 Å². The minimum Gasteiger partial charge on any atom is -0.370 e. The quantitative estimate of drug-likeness (QED) is 0.878. The fraction of sp³-hybridized carbons (Fsp3) is 0.385. The fourth-order valence-corrected chi connectivity index (χ4v) is 1.79. The zero-order valence-corrected chi connectivity index (χ0v) is 10.6. The maximum absolute atomic E-state index is 4.46. The summed E-state index contributed by atoms with van der Waals surface area (Å²) < 4.78 is 1.94. The standard InChI is InChI=1S/C13H18N4/c1-4-6-14-13-9-12(5-7-15-13)17-11(3)8-10(2)16-17/h5,7-9H,4,6H2,1-3H3,(H,14,15). The molecule has 0 saturated carbocycles. The molecule has 0 radical (unpaired) electrons. The summed E-state index contributed by atoms with van der Waals surface area (Å²) in [4.78, 5) is 4.29. The molecule has 0 atom stereocenters. The highest BCUT2D eigenvalue weighted by Crippen LogP contribution is 2.14. The molecule has 2 aromatic rings. The summed E-state index contributed by atoms with van der Waals surface area (Å²) in [6.45, 7) is 7.13. The molecule has 0 amide bonds. The first kappa shape index (κ1) is 11.6. The highest BCUT2D eigenvalue weighted by Gasteiger charge is 2.04. The molecule has 90 valence electrons. The van der Waals surface area contributed by atoms with E-state index in [1.54, 1.807) is 0 Å². The van der Waals surface area contributed by atoms with E-state index in [-0.39, 0.29) is 0 Å². The highest BCUT2D eigenvalue weighted by atomic mass is 15.3. The lowest BCUT2D eigenvalue weighted by molar-refractivity contribution is 0.831. The summed E-state index contributed by atoms with van der Waals surface area (Å²) >= 11 is 0. The molecular weight excluding hydrogens is 212 g/mol. The Balaban J connectivity index is 2.29. The first-order valence-electron chi connectivity index (χ1n) is 5.94. The maximum Gasteiger partial charge on any atom is 0.128 e.